The van der Waals surface area contributed by atoms with Crippen LogP contribution in [0.25, 0.3) is 0 Å². The molecule has 2 aromatic rings. The largest absolute Gasteiger partial charge is 0.315 e. The van der Waals surface area contributed by atoms with Crippen molar-refractivity contribution < 1.29 is 8.42 Å². The van der Waals surface area contributed by atoms with Gasteiger partial charge in [0.25, 0.3) is 10.0 Å². The van der Waals surface area contributed by atoms with Crippen LogP contribution in [0.15, 0.2) is 23.1 Å². The number of rotatable bonds is 5. The molecule has 0 aliphatic heterocycles. The van der Waals surface area contributed by atoms with Gasteiger partial charge in [0.15, 0.2) is 0 Å². The molecule has 0 aliphatic rings. The fraction of sp³-hybridized carbons (Fsp3) is 0.357. The third kappa shape index (κ3) is 3.61. The Bertz CT molecular complexity index is 752. The molecular weight excluding hydrogens is 306 g/mol. The Morgan fingerprint density at radius 1 is 1.24 bits per heavy atom. The molecule has 114 valence electrons. The molecule has 21 heavy (non-hydrogen) atoms. The Labute approximate surface area is 129 Å². The Morgan fingerprint density at radius 2 is 1.95 bits per heavy atom. The first-order chi connectivity index (χ1) is 9.83. The molecule has 0 atom stereocenters. The quantitative estimate of drug-likeness (QED) is 0.886. The van der Waals surface area contributed by atoms with Crippen LogP contribution >= 0.6 is 11.3 Å². The zero-order chi connectivity index (χ0) is 15.6. The van der Waals surface area contributed by atoms with E-state index in [-0.39, 0.29) is 0 Å². The third-order valence-electron chi connectivity index (χ3n) is 3.03. The van der Waals surface area contributed by atoms with Gasteiger partial charge in [-0.3, -0.25) is 9.71 Å². The zero-order valence-corrected chi connectivity index (χ0v) is 14.2. The van der Waals surface area contributed by atoms with Crippen molar-refractivity contribution in [1.82, 2.24) is 10.3 Å². The number of nitrogens with one attached hydrogen (secondary N) is 2. The number of pyridine rings is 1. The Balaban J connectivity index is 2.34. The smallest absolute Gasteiger partial charge is 0.263 e. The molecule has 2 heterocycles. The van der Waals surface area contributed by atoms with Gasteiger partial charge in [0.2, 0.25) is 0 Å². The van der Waals surface area contributed by atoms with Crippen LogP contribution in [0.2, 0.25) is 0 Å². The van der Waals surface area contributed by atoms with Crippen LogP contribution in [0.5, 0.6) is 0 Å². The molecule has 0 spiro atoms. The van der Waals surface area contributed by atoms with E-state index in [0.29, 0.717) is 22.8 Å². The van der Waals surface area contributed by atoms with Gasteiger partial charge in [0, 0.05) is 22.0 Å². The average Bonchev–Trinajstić information content (AvgIpc) is 2.75. The molecule has 0 radical (unpaired) electrons. The van der Waals surface area contributed by atoms with Gasteiger partial charge in [-0.15, -0.1) is 11.3 Å². The average molecular weight is 325 g/mol. The van der Waals surface area contributed by atoms with Crippen LogP contribution in [0.1, 0.15) is 21.1 Å². The van der Waals surface area contributed by atoms with E-state index in [1.807, 2.05) is 20.9 Å². The summed E-state index contributed by atoms with van der Waals surface area (Å²) in [5.41, 5.74) is 2.04. The third-order valence-corrected chi connectivity index (χ3v) is 5.70. The highest BCUT2D eigenvalue weighted by Gasteiger charge is 2.20. The van der Waals surface area contributed by atoms with Crippen molar-refractivity contribution in [2.24, 2.45) is 0 Å². The molecule has 2 aromatic heterocycles. The summed E-state index contributed by atoms with van der Waals surface area (Å²) in [6.07, 6.45) is 0. The van der Waals surface area contributed by atoms with Gasteiger partial charge in [-0.25, -0.2) is 8.42 Å². The minimum Gasteiger partial charge on any atom is -0.315 e. The van der Waals surface area contributed by atoms with Crippen LogP contribution < -0.4 is 10.0 Å². The van der Waals surface area contributed by atoms with Gasteiger partial charge in [0.05, 0.1) is 11.4 Å². The van der Waals surface area contributed by atoms with Gasteiger partial charge in [-0.05, 0) is 46.0 Å². The van der Waals surface area contributed by atoms with Crippen molar-refractivity contribution in [2.75, 3.05) is 11.8 Å². The van der Waals surface area contributed by atoms with Crippen LogP contribution in [0.3, 0.4) is 0 Å². The molecule has 7 heteroatoms. The summed E-state index contributed by atoms with van der Waals surface area (Å²) < 4.78 is 27.7. The predicted octanol–water partition coefficient (Wildman–Crippen LogP) is 2.59. The van der Waals surface area contributed by atoms with Crippen molar-refractivity contribution >= 4 is 27.0 Å². The summed E-state index contributed by atoms with van der Waals surface area (Å²) in [5, 5.41) is 3.03. The SMILES string of the molecule is CNCc1cc(S(=O)(=O)Nc2ccc(C)nc2C)c(C)s1. The first kappa shape index (κ1) is 15.9. The van der Waals surface area contributed by atoms with E-state index in [1.54, 1.807) is 25.1 Å². The Kier molecular flexibility index (Phi) is 4.65. The number of hydrogen-bond acceptors (Lipinski definition) is 5. The highest BCUT2D eigenvalue weighted by Crippen LogP contribution is 2.28. The Hall–Kier alpha value is -1.44. The number of aryl methyl sites for hydroxylation is 3. The van der Waals surface area contributed by atoms with Crippen molar-refractivity contribution in [2.45, 2.75) is 32.2 Å². The molecule has 0 saturated carbocycles. The van der Waals surface area contributed by atoms with E-state index in [2.05, 4.69) is 15.0 Å². The van der Waals surface area contributed by atoms with Gasteiger partial charge < -0.3 is 5.32 Å². The number of thiophene rings is 1. The molecule has 0 aliphatic carbocycles. The molecule has 0 fully saturated rings. The highest BCUT2D eigenvalue weighted by atomic mass is 32.2. The number of anilines is 1. The lowest BCUT2D eigenvalue weighted by molar-refractivity contribution is 0.601. The van der Waals surface area contributed by atoms with Crippen molar-refractivity contribution in [1.29, 1.82) is 0 Å². The van der Waals surface area contributed by atoms with Crippen LogP contribution in [-0.2, 0) is 16.6 Å². The van der Waals surface area contributed by atoms with E-state index < -0.39 is 10.0 Å². The topological polar surface area (TPSA) is 71.1 Å². The first-order valence-corrected chi connectivity index (χ1v) is 8.84. The van der Waals surface area contributed by atoms with E-state index in [9.17, 15) is 8.42 Å². The molecule has 2 N–H and O–H groups in total. The zero-order valence-electron chi connectivity index (χ0n) is 12.5. The lowest BCUT2D eigenvalue weighted by Gasteiger charge is -2.10. The van der Waals surface area contributed by atoms with Crippen molar-refractivity contribution in [3.05, 3.63) is 39.3 Å². The van der Waals surface area contributed by atoms with E-state index >= 15 is 0 Å². The number of hydrogen-bond donors (Lipinski definition) is 2. The Morgan fingerprint density at radius 3 is 2.57 bits per heavy atom. The minimum absolute atomic E-state index is 0.331. The van der Waals surface area contributed by atoms with Crippen LogP contribution in [-0.4, -0.2) is 20.4 Å². The molecule has 0 unspecified atom stereocenters. The fourth-order valence-corrected chi connectivity index (χ4v) is 4.81. The summed E-state index contributed by atoms with van der Waals surface area (Å²) in [7, 11) is -1.75. The molecule has 0 saturated heterocycles. The maximum atomic E-state index is 12.5. The number of sulfonamides is 1. The van der Waals surface area contributed by atoms with E-state index in [4.69, 9.17) is 0 Å². The number of aromatic nitrogens is 1. The molecule has 2 rings (SSSR count). The van der Waals surface area contributed by atoms with Crippen molar-refractivity contribution in [3.63, 3.8) is 0 Å². The lowest BCUT2D eigenvalue weighted by Crippen LogP contribution is -2.14. The van der Waals surface area contributed by atoms with Crippen LogP contribution in [0, 0.1) is 20.8 Å². The summed E-state index contributed by atoms with van der Waals surface area (Å²) in [4.78, 5) is 6.38. The van der Waals surface area contributed by atoms with Gasteiger partial charge in [-0.1, -0.05) is 0 Å². The second-order valence-electron chi connectivity index (χ2n) is 4.85. The highest BCUT2D eigenvalue weighted by molar-refractivity contribution is 7.93. The molecular formula is C14H19N3O2S2. The van der Waals surface area contributed by atoms with Crippen molar-refractivity contribution in [3.8, 4) is 0 Å². The minimum atomic E-state index is -3.58. The van der Waals surface area contributed by atoms with Gasteiger partial charge in [-0.2, -0.15) is 0 Å². The van der Waals surface area contributed by atoms with E-state index in [0.717, 1.165) is 15.4 Å². The molecule has 0 bridgehead atoms. The fourth-order valence-electron chi connectivity index (χ4n) is 2.05. The monoisotopic (exact) mass is 325 g/mol. The van der Waals surface area contributed by atoms with E-state index in [1.165, 1.54) is 11.3 Å². The second-order valence-corrected chi connectivity index (χ2v) is 7.85. The summed E-state index contributed by atoms with van der Waals surface area (Å²) >= 11 is 1.49. The van der Waals surface area contributed by atoms with Gasteiger partial charge >= 0.3 is 0 Å². The maximum absolute atomic E-state index is 12.5. The molecule has 5 nitrogen and oxygen atoms in total. The predicted molar refractivity (Wildman–Crippen MR) is 86.3 cm³/mol. The molecule has 0 amide bonds. The maximum Gasteiger partial charge on any atom is 0.263 e. The normalized spacial score (nSPS) is 11.6. The second kappa shape index (κ2) is 6.13. The summed E-state index contributed by atoms with van der Waals surface area (Å²) in [6, 6.07) is 5.25. The number of nitrogens with zero attached hydrogens (tertiary/aromatic N) is 1. The van der Waals surface area contributed by atoms with Crippen LogP contribution in [0.4, 0.5) is 5.69 Å². The first-order valence-electron chi connectivity index (χ1n) is 6.54. The molecule has 0 aromatic carbocycles. The standard InChI is InChI=1S/C14H19N3O2S2/c1-9-5-6-13(10(2)16-9)17-21(18,19)14-7-12(8-15-4)20-11(14)3/h5-7,15,17H,8H2,1-4H3. The summed E-state index contributed by atoms with van der Waals surface area (Å²) in [5.74, 6) is 0. The van der Waals surface area contributed by atoms with Gasteiger partial charge in [0.1, 0.15) is 4.90 Å². The lowest BCUT2D eigenvalue weighted by atomic mass is 10.3. The summed E-state index contributed by atoms with van der Waals surface area (Å²) in [6.45, 7) is 6.14.